The van der Waals surface area contributed by atoms with E-state index in [4.69, 9.17) is 4.74 Å². The zero-order valence-corrected chi connectivity index (χ0v) is 10.8. The Bertz CT molecular complexity index is 330. The van der Waals surface area contributed by atoms with Crippen LogP contribution >= 0.6 is 0 Å². The standard InChI is InChI=1S/C9H19NO5S/c1-9(2,3)15-8(12)10-5-7(11)6-16(4,13)14/h7,11H,5-6H2,1-4H3,(H,10,12). The first kappa shape index (κ1) is 15.2. The van der Waals surface area contributed by atoms with Crippen LogP contribution in [0.4, 0.5) is 4.79 Å². The third-order valence-electron chi connectivity index (χ3n) is 1.38. The van der Waals surface area contributed by atoms with Gasteiger partial charge in [0.25, 0.3) is 0 Å². The highest BCUT2D eigenvalue weighted by Gasteiger charge is 2.18. The van der Waals surface area contributed by atoms with Crippen molar-refractivity contribution in [1.29, 1.82) is 0 Å². The van der Waals surface area contributed by atoms with E-state index < -0.39 is 27.6 Å². The third-order valence-corrected chi connectivity index (χ3v) is 2.37. The van der Waals surface area contributed by atoms with Crippen LogP contribution in [0.3, 0.4) is 0 Å². The third kappa shape index (κ3) is 9.72. The molecule has 0 heterocycles. The number of aliphatic hydroxyl groups excluding tert-OH is 1. The smallest absolute Gasteiger partial charge is 0.407 e. The van der Waals surface area contributed by atoms with Crippen LogP contribution in [0.15, 0.2) is 0 Å². The van der Waals surface area contributed by atoms with Crippen molar-refractivity contribution in [3.8, 4) is 0 Å². The molecule has 0 aliphatic carbocycles. The molecular formula is C9H19NO5S. The number of rotatable bonds is 4. The van der Waals surface area contributed by atoms with Crippen LogP contribution < -0.4 is 5.32 Å². The highest BCUT2D eigenvalue weighted by molar-refractivity contribution is 7.90. The Labute approximate surface area is 95.9 Å². The monoisotopic (exact) mass is 253 g/mol. The van der Waals surface area contributed by atoms with Gasteiger partial charge in [-0.05, 0) is 20.8 Å². The van der Waals surface area contributed by atoms with Crippen LogP contribution in [-0.4, -0.2) is 49.9 Å². The minimum atomic E-state index is -3.25. The molecule has 0 radical (unpaired) electrons. The van der Waals surface area contributed by atoms with Crippen molar-refractivity contribution < 1.29 is 23.1 Å². The second-order valence-electron chi connectivity index (χ2n) is 4.63. The van der Waals surface area contributed by atoms with Gasteiger partial charge in [-0.25, -0.2) is 13.2 Å². The fourth-order valence-electron chi connectivity index (χ4n) is 0.924. The van der Waals surface area contributed by atoms with Gasteiger partial charge >= 0.3 is 6.09 Å². The first-order valence-electron chi connectivity index (χ1n) is 4.82. The molecule has 0 fully saturated rings. The van der Waals surface area contributed by atoms with E-state index in [1.165, 1.54) is 0 Å². The summed E-state index contributed by atoms with van der Waals surface area (Å²) in [5.74, 6) is -0.386. The van der Waals surface area contributed by atoms with Crippen molar-refractivity contribution in [2.45, 2.75) is 32.5 Å². The van der Waals surface area contributed by atoms with E-state index in [0.717, 1.165) is 6.26 Å². The second-order valence-corrected chi connectivity index (χ2v) is 6.81. The minimum absolute atomic E-state index is 0.151. The zero-order chi connectivity index (χ0) is 13.0. The highest BCUT2D eigenvalue weighted by atomic mass is 32.2. The molecule has 0 aromatic rings. The number of carbonyl (C=O) groups excluding carboxylic acids is 1. The summed E-state index contributed by atoms with van der Waals surface area (Å²) in [6, 6.07) is 0. The average molecular weight is 253 g/mol. The Kier molecular flexibility index (Phi) is 5.21. The van der Waals surface area contributed by atoms with Crippen LogP contribution in [0.2, 0.25) is 0 Å². The summed E-state index contributed by atoms with van der Waals surface area (Å²) in [6.07, 6.45) is -0.786. The average Bonchev–Trinajstić information content (AvgIpc) is 1.94. The van der Waals surface area contributed by atoms with E-state index in [1.54, 1.807) is 20.8 Å². The number of amides is 1. The van der Waals surface area contributed by atoms with Gasteiger partial charge in [0.15, 0.2) is 0 Å². The lowest BCUT2D eigenvalue weighted by Gasteiger charge is -2.20. The molecule has 1 atom stereocenters. The number of carbonyl (C=O) groups is 1. The van der Waals surface area contributed by atoms with E-state index in [9.17, 15) is 18.3 Å². The number of ether oxygens (including phenoxy) is 1. The van der Waals surface area contributed by atoms with Crippen molar-refractivity contribution in [2.24, 2.45) is 0 Å². The van der Waals surface area contributed by atoms with Crippen LogP contribution in [-0.2, 0) is 14.6 Å². The Balaban J connectivity index is 3.94. The van der Waals surface area contributed by atoms with Crippen molar-refractivity contribution in [3.63, 3.8) is 0 Å². The highest BCUT2D eigenvalue weighted by Crippen LogP contribution is 2.06. The first-order chi connectivity index (χ1) is 6.99. The molecule has 0 aromatic heterocycles. The van der Waals surface area contributed by atoms with Gasteiger partial charge < -0.3 is 15.2 Å². The summed E-state index contributed by atoms with van der Waals surface area (Å²) in [7, 11) is -3.25. The molecule has 0 spiro atoms. The first-order valence-corrected chi connectivity index (χ1v) is 6.88. The molecule has 2 N–H and O–H groups in total. The molecule has 6 nitrogen and oxygen atoms in total. The maximum absolute atomic E-state index is 11.1. The van der Waals surface area contributed by atoms with Crippen molar-refractivity contribution in [1.82, 2.24) is 5.32 Å². The van der Waals surface area contributed by atoms with E-state index >= 15 is 0 Å². The maximum Gasteiger partial charge on any atom is 0.407 e. The molecule has 0 aromatic carbocycles. The lowest BCUT2D eigenvalue weighted by Crippen LogP contribution is -2.39. The Morgan fingerprint density at radius 2 is 1.94 bits per heavy atom. The predicted octanol–water partition coefficient (Wildman–Crippen LogP) is -0.0834. The SMILES string of the molecule is CC(C)(C)OC(=O)NCC(O)CS(C)(=O)=O. The number of hydrogen-bond acceptors (Lipinski definition) is 5. The van der Waals surface area contributed by atoms with E-state index in [2.05, 4.69) is 5.32 Å². The van der Waals surface area contributed by atoms with Crippen LogP contribution in [0.25, 0.3) is 0 Å². The zero-order valence-electron chi connectivity index (χ0n) is 9.98. The molecule has 16 heavy (non-hydrogen) atoms. The van der Waals surface area contributed by atoms with Gasteiger partial charge in [-0.1, -0.05) is 0 Å². The summed E-state index contributed by atoms with van der Waals surface area (Å²) in [5, 5.41) is 11.6. The summed E-state index contributed by atoms with van der Waals surface area (Å²) in [4.78, 5) is 11.1. The van der Waals surface area contributed by atoms with Gasteiger partial charge in [0, 0.05) is 12.8 Å². The molecule has 0 rings (SSSR count). The summed E-state index contributed by atoms with van der Waals surface area (Å²) in [6.45, 7) is 4.97. The molecule has 1 unspecified atom stereocenters. The number of sulfone groups is 1. The normalized spacial score (nSPS) is 14.3. The molecule has 0 bridgehead atoms. The lowest BCUT2D eigenvalue weighted by molar-refractivity contribution is 0.0498. The molecular weight excluding hydrogens is 234 g/mol. The molecule has 96 valence electrons. The van der Waals surface area contributed by atoms with Crippen molar-refractivity contribution >= 4 is 15.9 Å². The maximum atomic E-state index is 11.1. The fraction of sp³-hybridized carbons (Fsp3) is 0.889. The summed E-state index contributed by atoms with van der Waals surface area (Å²) < 4.78 is 26.5. The van der Waals surface area contributed by atoms with Crippen LogP contribution in [0.5, 0.6) is 0 Å². The Morgan fingerprint density at radius 3 is 2.31 bits per heavy atom. The van der Waals surface area contributed by atoms with Crippen LogP contribution in [0.1, 0.15) is 20.8 Å². The molecule has 0 aliphatic heterocycles. The number of alkyl carbamates (subject to hydrolysis) is 1. The van der Waals surface area contributed by atoms with Crippen molar-refractivity contribution in [2.75, 3.05) is 18.6 Å². The molecule has 0 aliphatic rings. The second kappa shape index (κ2) is 5.49. The van der Waals surface area contributed by atoms with E-state index in [1.807, 2.05) is 0 Å². The fourth-order valence-corrected chi connectivity index (χ4v) is 1.74. The van der Waals surface area contributed by atoms with E-state index in [0.29, 0.717) is 0 Å². The quantitative estimate of drug-likeness (QED) is 0.731. The van der Waals surface area contributed by atoms with Gasteiger partial charge in [-0.15, -0.1) is 0 Å². The lowest BCUT2D eigenvalue weighted by atomic mass is 10.2. The van der Waals surface area contributed by atoms with E-state index in [-0.39, 0.29) is 12.3 Å². The Morgan fingerprint density at radius 1 is 1.44 bits per heavy atom. The van der Waals surface area contributed by atoms with Gasteiger partial charge in [0.1, 0.15) is 15.4 Å². The van der Waals surface area contributed by atoms with Crippen LogP contribution in [0, 0.1) is 0 Å². The molecule has 7 heteroatoms. The molecule has 0 saturated carbocycles. The minimum Gasteiger partial charge on any atom is -0.444 e. The van der Waals surface area contributed by atoms with Gasteiger partial charge in [-0.3, -0.25) is 0 Å². The van der Waals surface area contributed by atoms with Gasteiger partial charge in [0.05, 0.1) is 11.9 Å². The summed E-state index contributed by atoms with van der Waals surface area (Å²) in [5.41, 5.74) is -0.619. The number of hydrogen-bond donors (Lipinski definition) is 2. The van der Waals surface area contributed by atoms with Crippen molar-refractivity contribution in [3.05, 3.63) is 0 Å². The Hall–Kier alpha value is -0.820. The number of nitrogens with one attached hydrogen (secondary N) is 1. The molecule has 1 amide bonds. The largest absolute Gasteiger partial charge is 0.444 e. The predicted molar refractivity (Wildman–Crippen MR) is 60.0 cm³/mol. The van der Waals surface area contributed by atoms with Gasteiger partial charge in [-0.2, -0.15) is 0 Å². The summed E-state index contributed by atoms with van der Waals surface area (Å²) >= 11 is 0. The molecule has 0 saturated heterocycles. The number of aliphatic hydroxyl groups is 1. The van der Waals surface area contributed by atoms with Gasteiger partial charge in [0.2, 0.25) is 0 Å². The topological polar surface area (TPSA) is 92.7 Å².